The number of hydrogen-bond acceptors (Lipinski definition) is 8. The molecule has 37 heavy (non-hydrogen) atoms. The summed E-state index contributed by atoms with van der Waals surface area (Å²) in [5, 5.41) is 17.5. The van der Waals surface area contributed by atoms with Gasteiger partial charge in [0.05, 0.1) is 22.0 Å². The molecule has 0 aliphatic carbocycles. The number of piperidine rings is 1. The maximum absolute atomic E-state index is 15.0. The summed E-state index contributed by atoms with van der Waals surface area (Å²) in [5.41, 5.74) is 4.48. The molecule has 3 aromatic rings. The number of hydrogen-bond donors (Lipinski definition) is 2. The van der Waals surface area contributed by atoms with E-state index >= 15 is 0 Å². The van der Waals surface area contributed by atoms with Gasteiger partial charge in [0.2, 0.25) is 0 Å². The van der Waals surface area contributed by atoms with Crippen LogP contribution < -0.4 is 10.1 Å². The van der Waals surface area contributed by atoms with E-state index in [4.69, 9.17) is 30.8 Å². The van der Waals surface area contributed by atoms with Gasteiger partial charge in [-0.2, -0.15) is 0 Å². The summed E-state index contributed by atoms with van der Waals surface area (Å²) in [4.78, 5) is 11.8. The molecule has 4 rings (SSSR count). The lowest BCUT2D eigenvalue weighted by molar-refractivity contribution is 0.102. The van der Waals surface area contributed by atoms with Gasteiger partial charge in [0, 0.05) is 24.3 Å². The Morgan fingerprint density at radius 1 is 1.30 bits per heavy atom. The molecule has 1 aliphatic rings. The van der Waals surface area contributed by atoms with Crippen molar-refractivity contribution in [2.75, 3.05) is 40.3 Å². The molecular weight excluding hydrogens is 497 g/mol. The number of benzene rings is 1. The Morgan fingerprint density at radius 2 is 2.08 bits per heavy atom. The van der Waals surface area contributed by atoms with Crippen molar-refractivity contribution in [2.45, 2.75) is 45.9 Å². The van der Waals surface area contributed by atoms with Crippen LogP contribution in [-0.2, 0) is 6.42 Å². The van der Waals surface area contributed by atoms with E-state index in [1.807, 2.05) is 32.7 Å². The Labute approximate surface area is 222 Å². The molecule has 0 bridgehead atoms. The summed E-state index contributed by atoms with van der Waals surface area (Å²) in [6.07, 6.45) is -0.323. The summed E-state index contributed by atoms with van der Waals surface area (Å²) >= 11 is 6.61. The van der Waals surface area contributed by atoms with E-state index in [1.165, 1.54) is 0 Å². The Kier molecular flexibility index (Phi) is 8.79. The topological polar surface area (TPSA) is 96.5 Å². The summed E-state index contributed by atoms with van der Waals surface area (Å²) in [7, 11) is 3.71. The minimum Gasteiger partial charge on any atom is -0.491 e. The van der Waals surface area contributed by atoms with Crippen LogP contribution in [0.2, 0.25) is 5.02 Å². The monoisotopic (exact) mass is 531 g/mol. The third-order valence-corrected chi connectivity index (χ3v) is 7.24. The van der Waals surface area contributed by atoms with Crippen molar-refractivity contribution < 1.29 is 18.8 Å². The van der Waals surface area contributed by atoms with Crippen LogP contribution in [0, 0.1) is 26.7 Å². The number of aromatic nitrogens is 3. The van der Waals surface area contributed by atoms with E-state index in [9.17, 15) is 9.50 Å². The molecule has 1 aliphatic heterocycles. The lowest BCUT2D eigenvalue weighted by atomic mass is 9.88. The van der Waals surface area contributed by atoms with E-state index in [0.29, 0.717) is 53.1 Å². The molecular formula is C27H35ClFN5O3. The highest BCUT2D eigenvalue weighted by molar-refractivity contribution is 6.33. The van der Waals surface area contributed by atoms with E-state index in [-0.39, 0.29) is 12.5 Å². The Bertz CT molecular complexity index is 1220. The number of nitrogens with one attached hydrogen (secondary N) is 1. The number of halogens is 2. The first-order valence-electron chi connectivity index (χ1n) is 12.6. The molecule has 200 valence electrons. The van der Waals surface area contributed by atoms with Crippen LogP contribution in [0.4, 0.5) is 4.39 Å². The van der Waals surface area contributed by atoms with Crippen molar-refractivity contribution in [3.05, 3.63) is 45.9 Å². The number of rotatable bonds is 9. The van der Waals surface area contributed by atoms with Crippen LogP contribution in [-0.4, -0.2) is 77.7 Å². The molecule has 1 aromatic carbocycles. The number of aliphatic hydroxyl groups is 1. The second kappa shape index (κ2) is 11.9. The van der Waals surface area contributed by atoms with Crippen molar-refractivity contribution in [3.63, 3.8) is 0 Å². The zero-order chi connectivity index (χ0) is 26.7. The minimum absolute atomic E-state index is 0.125. The molecule has 0 spiro atoms. The van der Waals surface area contributed by atoms with Crippen molar-refractivity contribution in [3.8, 4) is 28.4 Å². The number of ether oxygens (including phenoxy) is 1. The van der Waals surface area contributed by atoms with Gasteiger partial charge in [0.1, 0.15) is 30.4 Å². The van der Waals surface area contributed by atoms with Crippen LogP contribution in [0.3, 0.4) is 0 Å². The largest absolute Gasteiger partial charge is 0.491 e. The third kappa shape index (κ3) is 6.29. The number of likely N-dealkylation sites (N-methyl/N-ethyl adjacent to an activating group) is 1. The molecule has 10 heteroatoms. The number of aliphatic hydroxyl groups excluding tert-OH is 1. The molecule has 3 atom stereocenters. The predicted molar refractivity (Wildman–Crippen MR) is 142 cm³/mol. The second-order valence-corrected chi connectivity index (χ2v) is 10.3. The van der Waals surface area contributed by atoms with Gasteiger partial charge in [0.25, 0.3) is 0 Å². The van der Waals surface area contributed by atoms with Crippen LogP contribution >= 0.6 is 11.6 Å². The molecule has 0 radical (unpaired) electrons. The zero-order valence-corrected chi connectivity index (χ0v) is 22.8. The first-order chi connectivity index (χ1) is 17.7. The number of nitrogens with zero attached hydrogens (tertiary/aromatic N) is 4. The summed E-state index contributed by atoms with van der Waals surface area (Å²) < 4.78 is 26.2. The molecule has 0 unspecified atom stereocenters. The van der Waals surface area contributed by atoms with Gasteiger partial charge in [-0.05, 0) is 83.9 Å². The van der Waals surface area contributed by atoms with E-state index in [2.05, 4.69) is 10.5 Å². The molecule has 1 fully saturated rings. The highest BCUT2D eigenvalue weighted by Gasteiger charge is 2.30. The van der Waals surface area contributed by atoms with E-state index in [1.54, 1.807) is 25.2 Å². The van der Waals surface area contributed by atoms with Crippen molar-refractivity contribution >= 4 is 11.6 Å². The Morgan fingerprint density at radius 3 is 2.76 bits per heavy atom. The summed E-state index contributed by atoms with van der Waals surface area (Å²) in [6.45, 7) is 7.50. The normalized spacial score (nSPS) is 19.2. The standard InChI is InChI=1S/C27H35ClFN5O3/c1-15-24(10-18-8-9-34(5)13-23(18)29)31-27(32-26(15)25-16(2)33-37-17(25)3)21-11-20(6-7-22(21)28)36-14-19(35)12-30-4/h6-7,11,18-19,23,30,35H,8-10,12-14H2,1-5H3/t18-,19+,23-/m0/s1. The van der Waals surface area contributed by atoms with E-state index < -0.39 is 12.3 Å². The van der Waals surface area contributed by atoms with Gasteiger partial charge in [0.15, 0.2) is 5.82 Å². The fourth-order valence-corrected chi connectivity index (χ4v) is 4.98. The number of likely N-dealkylation sites (tertiary alicyclic amines) is 1. The van der Waals surface area contributed by atoms with Crippen LogP contribution in [0.25, 0.3) is 22.6 Å². The molecule has 3 heterocycles. The lowest BCUT2D eigenvalue weighted by Crippen LogP contribution is -2.40. The van der Waals surface area contributed by atoms with Crippen LogP contribution in [0.5, 0.6) is 5.75 Å². The quantitative estimate of drug-likeness (QED) is 0.425. The number of alkyl halides is 1. The smallest absolute Gasteiger partial charge is 0.161 e. The predicted octanol–water partition coefficient (Wildman–Crippen LogP) is 4.17. The highest BCUT2D eigenvalue weighted by atomic mass is 35.5. The molecule has 2 N–H and O–H groups in total. The first kappa shape index (κ1) is 27.4. The first-order valence-corrected chi connectivity index (χ1v) is 12.9. The van der Waals surface area contributed by atoms with Gasteiger partial charge in [-0.15, -0.1) is 0 Å². The maximum Gasteiger partial charge on any atom is 0.161 e. The Hall–Kier alpha value is -2.59. The second-order valence-electron chi connectivity index (χ2n) is 9.86. The Balaban J connectivity index is 1.76. The minimum atomic E-state index is -0.927. The fraction of sp³-hybridized carbons (Fsp3) is 0.519. The molecule has 1 saturated heterocycles. The van der Waals surface area contributed by atoms with Crippen molar-refractivity contribution in [2.24, 2.45) is 5.92 Å². The van der Waals surface area contributed by atoms with Crippen molar-refractivity contribution in [1.82, 2.24) is 25.3 Å². The fourth-order valence-electron chi connectivity index (χ4n) is 4.78. The average Bonchev–Trinajstić information content (AvgIpc) is 3.19. The van der Waals surface area contributed by atoms with Crippen LogP contribution in [0.15, 0.2) is 22.7 Å². The molecule has 8 nitrogen and oxygen atoms in total. The zero-order valence-electron chi connectivity index (χ0n) is 22.0. The average molecular weight is 532 g/mol. The van der Waals surface area contributed by atoms with Gasteiger partial charge in [-0.1, -0.05) is 16.8 Å². The maximum atomic E-state index is 15.0. The lowest BCUT2D eigenvalue weighted by Gasteiger charge is -2.32. The molecule has 2 aromatic heterocycles. The van der Waals surface area contributed by atoms with E-state index in [0.717, 1.165) is 35.5 Å². The molecule has 0 saturated carbocycles. The van der Waals surface area contributed by atoms with Gasteiger partial charge in [-0.3, -0.25) is 0 Å². The number of aryl methyl sites for hydroxylation is 2. The summed E-state index contributed by atoms with van der Waals surface area (Å²) in [6, 6.07) is 5.24. The van der Waals surface area contributed by atoms with Crippen LogP contribution in [0.1, 0.15) is 29.1 Å². The highest BCUT2D eigenvalue weighted by Crippen LogP contribution is 2.36. The molecule has 0 amide bonds. The summed E-state index contributed by atoms with van der Waals surface area (Å²) in [5.74, 6) is 1.48. The van der Waals surface area contributed by atoms with Gasteiger partial charge < -0.3 is 24.6 Å². The SMILES string of the molecule is CNC[C@@H](O)COc1ccc(Cl)c(-c2nc(C[C@@H]3CCN(C)C[C@@H]3F)c(C)c(-c3c(C)noc3C)n2)c1. The van der Waals surface area contributed by atoms with Gasteiger partial charge >= 0.3 is 0 Å². The van der Waals surface area contributed by atoms with Gasteiger partial charge in [-0.25, -0.2) is 14.4 Å². The van der Waals surface area contributed by atoms with Crippen molar-refractivity contribution in [1.29, 1.82) is 0 Å². The third-order valence-electron chi connectivity index (χ3n) is 6.91.